The van der Waals surface area contributed by atoms with Gasteiger partial charge in [-0.25, -0.2) is 4.98 Å². The van der Waals surface area contributed by atoms with E-state index in [1.807, 2.05) is 0 Å². The lowest BCUT2D eigenvalue weighted by molar-refractivity contribution is 0.429. The first-order valence-corrected chi connectivity index (χ1v) is 3.49. The number of nitrogens with zero attached hydrogens (tertiary/aromatic N) is 4. The Morgan fingerprint density at radius 2 is 2.25 bits per heavy atom. The Balaban J connectivity index is 2.45. The second kappa shape index (κ2) is 2.86. The maximum Gasteiger partial charge on any atom is 0.279 e. The molecule has 0 aliphatic heterocycles. The molecule has 0 atom stereocenters. The van der Waals surface area contributed by atoms with E-state index in [1.165, 1.54) is 12.4 Å². The SMILES string of the molecule is Clc1noc(-c2cnccn2)n1. The summed E-state index contributed by atoms with van der Waals surface area (Å²) in [6.45, 7) is 0. The predicted molar refractivity (Wildman–Crippen MR) is 40.3 cm³/mol. The lowest BCUT2D eigenvalue weighted by Gasteiger charge is -1.87. The zero-order valence-electron chi connectivity index (χ0n) is 5.81. The van der Waals surface area contributed by atoms with Crippen LogP contribution < -0.4 is 0 Å². The van der Waals surface area contributed by atoms with Gasteiger partial charge in [-0.1, -0.05) is 0 Å². The molecule has 60 valence electrons. The van der Waals surface area contributed by atoms with Crippen LogP contribution in [0.5, 0.6) is 0 Å². The van der Waals surface area contributed by atoms with Crippen molar-refractivity contribution < 1.29 is 4.52 Å². The minimum absolute atomic E-state index is 0.0654. The van der Waals surface area contributed by atoms with Gasteiger partial charge in [0.2, 0.25) is 0 Å². The van der Waals surface area contributed by atoms with Gasteiger partial charge < -0.3 is 4.52 Å². The monoisotopic (exact) mass is 182 g/mol. The summed E-state index contributed by atoms with van der Waals surface area (Å²) >= 11 is 5.45. The van der Waals surface area contributed by atoms with Crippen molar-refractivity contribution >= 4 is 11.6 Å². The fourth-order valence-electron chi connectivity index (χ4n) is 0.719. The van der Waals surface area contributed by atoms with Gasteiger partial charge >= 0.3 is 0 Å². The standard InChI is InChI=1S/C6H3ClN4O/c7-6-10-5(12-11-6)4-3-8-1-2-9-4/h1-3H. The molecule has 0 unspecified atom stereocenters. The van der Waals surface area contributed by atoms with E-state index >= 15 is 0 Å². The van der Waals surface area contributed by atoms with Gasteiger partial charge in [0, 0.05) is 12.4 Å². The number of aromatic nitrogens is 4. The van der Waals surface area contributed by atoms with Gasteiger partial charge in [0.15, 0.2) is 0 Å². The van der Waals surface area contributed by atoms with Crippen LogP contribution in [0.1, 0.15) is 0 Å². The van der Waals surface area contributed by atoms with Crippen LogP contribution in [-0.4, -0.2) is 20.1 Å². The number of hydrogen-bond donors (Lipinski definition) is 0. The van der Waals surface area contributed by atoms with Crippen molar-refractivity contribution in [2.24, 2.45) is 0 Å². The topological polar surface area (TPSA) is 64.7 Å². The van der Waals surface area contributed by atoms with E-state index < -0.39 is 0 Å². The second-order valence-electron chi connectivity index (χ2n) is 1.96. The van der Waals surface area contributed by atoms with Crippen LogP contribution in [0.4, 0.5) is 0 Å². The van der Waals surface area contributed by atoms with E-state index in [2.05, 4.69) is 20.1 Å². The van der Waals surface area contributed by atoms with Crippen molar-refractivity contribution in [1.29, 1.82) is 0 Å². The van der Waals surface area contributed by atoms with Crippen molar-refractivity contribution in [1.82, 2.24) is 20.1 Å². The molecule has 0 spiro atoms. The molecule has 5 nitrogen and oxygen atoms in total. The van der Waals surface area contributed by atoms with Crippen LogP contribution in [-0.2, 0) is 0 Å². The van der Waals surface area contributed by atoms with E-state index in [0.717, 1.165) is 0 Å². The van der Waals surface area contributed by atoms with Gasteiger partial charge in [0.25, 0.3) is 11.2 Å². The van der Waals surface area contributed by atoms with Gasteiger partial charge in [0.1, 0.15) is 5.69 Å². The third-order valence-electron chi connectivity index (χ3n) is 1.18. The lowest BCUT2D eigenvalue weighted by atomic mass is 10.4. The Kier molecular flexibility index (Phi) is 1.71. The molecule has 0 aliphatic rings. The van der Waals surface area contributed by atoms with Crippen LogP contribution in [0, 0.1) is 0 Å². The Morgan fingerprint density at radius 3 is 2.83 bits per heavy atom. The molecule has 0 fully saturated rings. The van der Waals surface area contributed by atoms with E-state index in [1.54, 1.807) is 6.20 Å². The lowest BCUT2D eigenvalue weighted by Crippen LogP contribution is -1.82. The summed E-state index contributed by atoms with van der Waals surface area (Å²) in [5.41, 5.74) is 0.511. The third kappa shape index (κ3) is 1.26. The molecule has 2 rings (SSSR count). The molecule has 6 heteroatoms. The number of rotatable bonds is 1. The summed E-state index contributed by atoms with van der Waals surface area (Å²) in [5, 5.41) is 3.47. The van der Waals surface area contributed by atoms with E-state index in [9.17, 15) is 0 Å². The minimum atomic E-state index is 0.0654. The molecule has 0 saturated carbocycles. The summed E-state index contributed by atoms with van der Waals surface area (Å²) in [4.78, 5) is 11.5. The molecule has 2 aromatic heterocycles. The highest BCUT2D eigenvalue weighted by atomic mass is 35.5. The predicted octanol–water partition coefficient (Wildman–Crippen LogP) is 1.18. The summed E-state index contributed by atoms with van der Waals surface area (Å²) in [6, 6.07) is 0. The van der Waals surface area contributed by atoms with Crippen molar-refractivity contribution in [2.45, 2.75) is 0 Å². The van der Waals surface area contributed by atoms with Gasteiger partial charge in [-0.3, -0.25) is 4.98 Å². The molecule has 0 N–H and O–H groups in total. The Hall–Kier alpha value is -1.49. The maximum atomic E-state index is 5.45. The minimum Gasteiger partial charge on any atom is -0.331 e. The van der Waals surface area contributed by atoms with Crippen LogP contribution in [0.2, 0.25) is 5.28 Å². The zero-order chi connectivity index (χ0) is 8.39. The average Bonchev–Trinajstić information content (AvgIpc) is 2.54. The van der Waals surface area contributed by atoms with Gasteiger partial charge in [0.05, 0.1) is 6.20 Å². The zero-order valence-corrected chi connectivity index (χ0v) is 6.56. The van der Waals surface area contributed by atoms with Crippen molar-refractivity contribution in [3.05, 3.63) is 23.9 Å². The van der Waals surface area contributed by atoms with Crippen LogP contribution in [0.15, 0.2) is 23.1 Å². The fourth-order valence-corrected chi connectivity index (χ4v) is 0.830. The number of halogens is 1. The summed E-state index contributed by atoms with van der Waals surface area (Å²) in [6.07, 6.45) is 4.61. The van der Waals surface area contributed by atoms with Gasteiger partial charge in [-0.05, 0) is 16.8 Å². The highest BCUT2D eigenvalue weighted by molar-refractivity contribution is 6.28. The highest BCUT2D eigenvalue weighted by Crippen LogP contribution is 2.13. The first-order chi connectivity index (χ1) is 5.86. The van der Waals surface area contributed by atoms with Crippen LogP contribution in [0.3, 0.4) is 0 Å². The van der Waals surface area contributed by atoms with E-state index in [-0.39, 0.29) is 11.2 Å². The summed E-state index contributed by atoms with van der Waals surface area (Å²) in [7, 11) is 0. The normalized spacial score (nSPS) is 10.1. The smallest absolute Gasteiger partial charge is 0.279 e. The van der Waals surface area contributed by atoms with Crippen molar-refractivity contribution in [2.75, 3.05) is 0 Å². The molecule has 2 heterocycles. The van der Waals surface area contributed by atoms with E-state index in [0.29, 0.717) is 5.69 Å². The first-order valence-electron chi connectivity index (χ1n) is 3.12. The van der Waals surface area contributed by atoms with Gasteiger partial charge in [-0.2, -0.15) is 4.98 Å². The Morgan fingerprint density at radius 1 is 1.33 bits per heavy atom. The Labute approximate surface area is 72.4 Å². The summed E-state index contributed by atoms with van der Waals surface area (Å²) in [5.74, 6) is 0.271. The second-order valence-corrected chi connectivity index (χ2v) is 2.30. The molecular formula is C6H3ClN4O. The summed E-state index contributed by atoms with van der Waals surface area (Å²) < 4.78 is 4.75. The number of hydrogen-bond acceptors (Lipinski definition) is 5. The quantitative estimate of drug-likeness (QED) is 0.663. The first kappa shape index (κ1) is 7.17. The van der Waals surface area contributed by atoms with E-state index in [4.69, 9.17) is 16.1 Å². The molecule has 0 radical (unpaired) electrons. The molecule has 0 saturated heterocycles. The highest BCUT2D eigenvalue weighted by Gasteiger charge is 2.07. The average molecular weight is 183 g/mol. The van der Waals surface area contributed by atoms with Crippen LogP contribution in [0.25, 0.3) is 11.6 Å². The molecule has 0 aromatic carbocycles. The third-order valence-corrected chi connectivity index (χ3v) is 1.34. The molecule has 12 heavy (non-hydrogen) atoms. The Bertz CT molecular complexity index is 374. The molecular weight excluding hydrogens is 180 g/mol. The molecule has 2 aromatic rings. The molecule has 0 amide bonds. The maximum absolute atomic E-state index is 5.45. The largest absolute Gasteiger partial charge is 0.331 e. The van der Waals surface area contributed by atoms with Gasteiger partial charge in [-0.15, -0.1) is 0 Å². The van der Waals surface area contributed by atoms with Crippen molar-refractivity contribution in [3.63, 3.8) is 0 Å². The van der Waals surface area contributed by atoms with Crippen molar-refractivity contribution in [3.8, 4) is 11.6 Å². The molecule has 0 bridgehead atoms. The fraction of sp³-hybridized carbons (Fsp3) is 0. The van der Waals surface area contributed by atoms with Crippen LogP contribution >= 0.6 is 11.6 Å². The molecule has 0 aliphatic carbocycles.